The fourth-order valence-corrected chi connectivity index (χ4v) is 3.92. The fraction of sp³-hybridized carbons (Fsp3) is 0.706. The van der Waals surface area contributed by atoms with Crippen molar-refractivity contribution >= 4 is 5.82 Å². The lowest BCUT2D eigenvalue weighted by atomic mass is 9.68. The second-order valence-corrected chi connectivity index (χ2v) is 6.60. The minimum absolute atomic E-state index is 0.681. The zero-order valence-electron chi connectivity index (χ0n) is 12.7. The first-order chi connectivity index (χ1) is 9.81. The molecule has 1 aliphatic heterocycles. The summed E-state index contributed by atoms with van der Waals surface area (Å²) < 4.78 is 0. The summed E-state index contributed by atoms with van der Waals surface area (Å²) in [7, 11) is 1.97. The molecule has 3 rings (SSSR count). The number of hydrogen-bond donors (Lipinski definition) is 1. The van der Waals surface area contributed by atoms with Crippen molar-refractivity contribution in [2.45, 2.75) is 51.5 Å². The number of piperidine rings is 1. The number of nitrogens with one attached hydrogen (secondary N) is 1. The van der Waals surface area contributed by atoms with Crippen molar-refractivity contribution in [3.05, 3.63) is 23.9 Å². The van der Waals surface area contributed by atoms with E-state index in [1.54, 1.807) is 0 Å². The van der Waals surface area contributed by atoms with Crippen molar-refractivity contribution in [2.75, 3.05) is 25.0 Å². The third kappa shape index (κ3) is 2.98. The fourth-order valence-electron chi connectivity index (χ4n) is 3.92. The van der Waals surface area contributed by atoms with Crippen molar-refractivity contribution in [3.8, 4) is 0 Å². The van der Waals surface area contributed by atoms with Gasteiger partial charge in [-0.2, -0.15) is 0 Å². The van der Waals surface area contributed by atoms with Crippen LogP contribution in [-0.4, -0.2) is 25.1 Å². The molecule has 1 aliphatic carbocycles. The van der Waals surface area contributed by atoms with Gasteiger partial charge in [0.1, 0.15) is 5.82 Å². The Morgan fingerprint density at radius 1 is 1.10 bits per heavy atom. The Balaban J connectivity index is 1.59. The van der Waals surface area contributed by atoms with Crippen LogP contribution >= 0.6 is 0 Å². The van der Waals surface area contributed by atoms with Gasteiger partial charge in [-0.15, -0.1) is 0 Å². The van der Waals surface area contributed by atoms with E-state index >= 15 is 0 Å². The molecule has 0 aromatic carbocycles. The molecule has 0 amide bonds. The van der Waals surface area contributed by atoms with Gasteiger partial charge in [-0.1, -0.05) is 25.3 Å². The van der Waals surface area contributed by atoms with Gasteiger partial charge in [0.25, 0.3) is 0 Å². The first-order valence-corrected chi connectivity index (χ1v) is 8.16. The Labute approximate surface area is 122 Å². The number of aromatic nitrogens is 1. The first kappa shape index (κ1) is 13.9. The summed E-state index contributed by atoms with van der Waals surface area (Å²) in [4.78, 5) is 7.12. The Bertz CT molecular complexity index is 410. The maximum absolute atomic E-state index is 4.64. The lowest BCUT2D eigenvalue weighted by molar-refractivity contribution is 0.144. The minimum Gasteiger partial charge on any atom is -0.357 e. The van der Waals surface area contributed by atoms with E-state index in [0.717, 1.165) is 12.4 Å². The molecule has 1 N–H and O–H groups in total. The number of rotatable bonds is 3. The highest BCUT2D eigenvalue weighted by molar-refractivity contribution is 5.40. The molecule has 2 fully saturated rings. The SMILES string of the molecule is CNCc1ccc(N2CCC3(CCCCC3)CC2)nc1. The van der Waals surface area contributed by atoms with Crippen LogP contribution in [0.4, 0.5) is 5.82 Å². The van der Waals surface area contributed by atoms with E-state index in [1.807, 2.05) is 13.2 Å². The van der Waals surface area contributed by atoms with Crippen molar-refractivity contribution in [1.29, 1.82) is 0 Å². The van der Waals surface area contributed by atoms with Gasteiger partial charge < -0.3 is 10.2 Å². The summed E-state index contributed by atoms with van der Waals surface area (Å²) in [6, 6.07) is 4.38. The molecule has 3 nitrogen and oxygen atoms in total. The third-order valence-corrected chi connectivity index (χ3v) is 5.25. The van der Waals surface area contributed by atoms with Crippen LogP contribution in [0.2, 0.25) is 0 Å². The Morgan fingerprint density at radius 2 is 1.85 bits per heavy atom. The van der Waals surface area contributed by atoms with Crippen molar-refractivity contribution < 1.29 is 0 Å². The molecule has 2 aliphatic rings. The van der Waals surface area contributed by atoms with Crippen LogP contribution in [0.3, 0.4) is 0 Å². The molecule has 0 radical (unpaired) electrons. The molecule has 0 unspecified atom stereocenters. The molecule has 0 bridgehead atoms. The molecular formula is C17H27N3. The molecule has 0 atom stereocenters. The summed E-state index contributed by atoms with van der Waals surface area (Å²) in [6.07, 6.45) is 12.1. The quantitative estimate of drug-likeness (QED) is 0.915. The van der Waals surface area contributed by atoms with Crippen LogP contribution in [0.15, 0.2) is 18.3 Å². The predicted molar refractivity (Wildman–Crippen MR) is 84.0 cm³/mol. The normalized spacial score (nSPS) is 22.1. The van der Waals surface area contributed by atoms with Crippen molar-refractivity contribution in [1.82, 2.24) is 10.3 Å². The van der Waals surface area contributed by atoms with Gasteiger partial charge in [-0.3, -0.25) is 0 Å². The average molecular weight is 273 g/mol. The molecule has 1 saturated carbocycles. The van der Waals surface area contributed by atoms with E-state index in [2.05, 4.69) is 27.3 Å². The maximum atomic E-state index is 4.64. The van der Waals surface area contributed by atoms with Gasteiger partial charge in [0.2, 0.25) is 0 Å². The second kappa shape index (κ2) is 6.13. The summed E-state index contributed by atoms with van der Waals surface area (Å²) in [5.41, 5.74) is 1.94. The lowest BCUT2D eigenvalue weighted by Crippen LogP contribution is -2.41. The van der Waals surface area contributed by atoms with E-state index < -0.39 is 0 Å². The number of nitrogens with zero attached hydrogens (tertiary/aromatic N) is 2. The molecule has 2 heterocycles. The molecule has 1 aromatic heterocycles. The Morgan fingerprint density at radius 3 is 2.45 bits per heavy atom. The summed E-state index contributed by atoms with van der Waals surface area (Å²) in [5.74, 6) is 1.16. The van der Waals surface area contributed by atoms with Crippen LogP contribution in [-0.2, 0) is 6.54 Å². The monoisotopic (exact) mass is 273 g/mol. The zero-order chi connectivity index (χ0) is 13.8. The highest BCUT2D eigenvalue weighted by Gasteiger charge is 2.35. The number of hydrogen-bond acceptors (Lipinski definition) is 3. The Kier molecular flexibility index (Phi) is 4.25. The van der Waals surface area contributed by atoms with Gasteiger partial charge in [0, 0.05) is 25.8 Å². The third-order valence-electron chi connectivity index (χ3n) is 5.25. The number of pyridine rings is 1. The van der Waals surface area contributed by atoms with Crippen molar-refractivity contribution in [3.63, 3.8) is 0 Å². The van der Waals surface area contributed by atoms with Crippen LogP contribution < -0.4 is 10.2 Å². The lowest BCUT2D eigenvalue weighted by Gasteiger charge is -2.44. The van der Waals surface area contributed by atoms with E-state index in [4.69, 9.17) is 0 Å². The van der Waals surface area contributed by atoms with E-state index in [1.165, 1.54) is 63.6 Å². The predicted octanol–water partition coefficient (Wildman–Crippen LogP) is 3.35. The topological polar surface area (TPSA) is 28.2 Å². The molecule has 1 aromatic rings. The van der Waals surface area contributed by atoms with Gasteiger partial charge in [0.15, 0.2) is 0 Å². The van der Waals surface area contributed by atoms with Gasteiger partial charge in [-0.05, 0) is 49.8 Å². The number of anilines is 1. The van der Waals surface area contributed by atoms with Crippen LogP contribution in [0.1, 0.15) is 50.5 Å². The molecule has 20 heavy (non-hydrogen) atoms. The minimum atomic E-state index is 0.681. The molecule has 3 heteroatoms. The van der Waals surface area contributed by atoms with Gasteiger partial charge in [-0.25, -0.2) is 4.98 Å². The standard InChI is InChI=1S/C17H27N3/c1-18-13-15-5-6-16(19-14-15)20-11-9-17(10-12-20)7-3-2-4-8-17/h5-6,14,18H,2-4,7-13H2,1H3. The summed E-state index contributed by atoms with van der Waals surface area (Å²) >= 11 is 0. The molecular weight excluding hydrogens is 246 g/mol. The van der Waals surface area contributed by atoms with Crippen molar-refractivity contribution in [2.24, 2.45) is 5.41 Å². The van der Waals surface area contributed by atoms with Gasteiger partial charge >= 0.3 is 0 Å². The molecule has 1 saturated heterocycles. The smallest absolute Gasteiger partial charge is 0.128 e. The largest absolute Gasteiger partial charge is 0.357 e. The van der Waals surface area contributed by atoms with Crippen LogP contribution in [0.25, 0.3) is 0 Å². The van der Waals surface area contributed by atoms with E-state index in [9.17, 15) is 0 Å². The van der Waals surface area contributed by atoms with Crippen LogP contribution in [0.5, 0.6) is 0 Å². The van der Waals surface area contributed by atoms with E-state index in [-0.39, 0.29) is 0 Å². The molecule has 1 spiro atoms. The zero-order valence-corrected chi connectivity index (χ0v) is 12.7. The maximum Gasteiger partial charge on any atom is 0.128 e. The summed E-state index contributed by atoms with van der Waals surface area (Å²) in [5, 5.41) is 3.17. The first-order valence-electron chi connectivity index (χ1n) is 8.16. The molecule has 110 valence electrons. The van der Waals surface area contributed by atoms with Crippen LogP contribution in [0, 0.1) is 5.41 Å². The highest BCUT2D eigenvalue weighted by Crippen LogP contribution is 2.44. The second-order valence-electron chi connectivity index (χ2n) is 6.60. The highest BCUT2D eigenvalue weighted by atomic mass is 15.2. The van der Waals surface area contributed by atoms with Gasteiger partial charge in [0.05, 0.1) is 0 Å². The average Bonchev–Trinajstić information content (AvgIpc) is 2.50. The van der Waals surface area contributed by atoms with E-state index in [0.29, 0.717) is 5.41 Å². The summed E-state index contributed by atoms with van der Waals surface area (Å²) in [6.45, 7) is 3.28. The Hall–Kier alpha value is -1.09.